The van der Waals surface area contributed by atoms with Crippen LogP contribution in [-0.4, -0.2) is 21.9 Å². The molecular formula is C13H14N4O3. The number of hydrogen-bond donors (Lipinski definition) is 1. The van der Waals surface area contributed by atoms with Crippen LogP contribution in [0.4, 0.5) is 11.5 Å². The van der Waals surface area contributed by atoms with Crippen molar-refractivity contribution in [3.63, 3.8) is 0 Å². The number of benzene rings is 1. The van der Waals surface area contributed by atoms with Gasteiger partial charge in [-0.3, -0.25) is 10.1 Å². The van der Waals surface area contributed by atoms with E-state index in [9.17, 15) is 10.1 Å². The second-order valence-electron chi connectivity index (χ2n) is 3.94. The van der Waals surface area contributed by atoms with E-state index in [-0.39, 0.29) is 17.3 Å². The topological polar surface area (TPSA) is 90.2 Å². The fourth-order valence-corrected chi connectivity index (χ4v) is 1.62. The van der Waals surface area contributed by atoms with E-state index in [4.69, 9.17) is 4.74 Å². The number of aromatic nitrogens is 2. The van der Waals surface area contributed by atoms with Crippen LogP contribution in [0.2, 0.25) is 0 Å². The number of anilines is 1. The number of rotatable bonds is 5. The summed E-state index contributed by atoms with van der Waals surface area (Å²) < 4.78 is 5.52. The van der Waals surface area contributed by atoms with Gasteiger partial charge in [0.2, 0.25) is 11.6 Å². The van der Waals surface area contributed by atoms with Gasteiger partial charge in [-0.2, -0.15) is 4.98 Å². The van der Waals surface area contributed by atoms with Crippen molar-refractivity contribution in [1.29, 1.82) is 0 Å². The minimum atomic E-state index is -0.490. The maximum absolute atomic E-state index is 10.9. The normalized spacial score (nSPS) is 10.1. The van der Waals surface area contributed by atoms with Gasteiger partial charge in [0.1, 0.15) is 11.6 Å². The van der Waals surface area contributed by atoms with E-state index >= 15 is 0 Å². The lowest BCUT2D eigenvalue weighted by molar-refractivity contribution is -0.385. The van der Waals surface area contributed by atoms with Crippen molar-refractivity contribution in [2.24, 2.45) is 0 Å². The van der Waals surface area contributed by atoms with E-state index in [0.29, 0.717) is 18.1 Å². The molecule has 0 saturated carbocycles. The molecule has 1 heterocycles. The molecule has 0 unspecified atom stereocenters. The third-order valence-corrected chi connectivity index (χ3v) is 2.60. The van der Waals surface area contributed by atoms with Crippen LogP contribution < -0.4 is 10.1 Å². The summed E-state index contributed by atoms with van der Waals surface area (Å²) in [5.41, 5.74) is -0.102. The molecule has 7 heteroatoms. The molecule has 0 aliphatic heterocycles. The highest BCUT2D eigenvalue weighted by Gasteiger charge is 2.15. The fourth-order valence-electron chi connectivity index (χ4n) is 1.62. The van der Waals surface area contributed by atoms with Crippen LogP contribution in [0.1, 0.15) is 12.7 Å². The van der Waals surface area contributed by atoms with Gasteiger partial charge >= 0.3 is 5.69 Å². The minimum absolute atomic E-state index is 0.102. The van der Waals surface area contributed by atoms with Crippen molar-refractivity contribution in [2.75, 3.05) is 12.4 Å². The average Bonchev–Trinajstić information content (AvgIpc) is 2.47. The summed E-state index contributed by atoms with van der Waals surface area (Å²) in [5, 5.41) is 13.8. The Kier molecular flexibility index (Phi) is 4.09. The molecule has 2 rings (SSSR count). The molecule has 0 radical (unpaired) electrons. The SMILES string of the molecule is CCc1nc(NC)cc(Oc2ccccc2[N+](=O)[O-])n1. The summed E-state index contributed by atoms with van der Waals surface area (Å²) in [6.07, 6.45) is 0.642. The van der Waals surface area contributed by atoms with Gasteiger partial charge in [0.25, 0.3) is 0 Å². The van der Waals surface area contributed by atoms with Crippen molar-refractivity contribution in [3.8, 4) is 11.6 Å². The third kappa shape index (κ3) is 3.00. The van der Waals surface area contributed by atoms with E-state index in [1.807, 2.05) is 6.92 Å². The summed E-state index contributed by atoms with van der Waals surface area (Å²) in [4.78, 5) is 18.9. The van der Waals surface area contributed by atoms with Gasteiger partial charge in [0.05, 0.1) is 4.92 Å². The minimum Gasteiger partial charge on any atom is -0.432 e. The first kappa shape index (κ1) is 13.7. The largest absolute Gasteiger partial charge is 0.432 e. The maximum Gasteiger partial charge on any atom is 0.311 e. The lowest BCUT2D eigenvalue weighted by Crippen LogP contribution is -2.01. The monoisotopic (exact) mass is 274 g/mol. The van der Waals surface area contributed by atoms with E-state index in [2.05, 4.69) is 15.3 Å². The number of nitrogens with one attached hydrogen (secondary N) is 1. The van der Waals surface area contributed by atoms with Crippen LogP contribution in [0.5, 0.6) is 11.6 Å². The summed E-state index contributed by atoms with van der Waals surface area (Å²) in [5.74, 6) is 1.63. The number of aryl methyl sites for hydroxylation is 1. The summed E-state index contributed by atoms with van der Waals surface area (Å²) in [6.45, 7) is 1.92. The highest BCUT2D eigenvalue weighted by molar-refractivity contribution is 5.48. The molecule has 1 N–H and O–H groups in total. The average molecular weight is 274 g/mol. The van der Waals surface area contributed by atoms with E-state index in [0.717, 1.165) is 0 Å². The summed E-state index contributed by atoms with van der Waals surface area (Å²) in [6, 6.07) is 7.77. The lowest BCUT2D eigenvalue weighted by atomic mass is 10.3. The Bertz CT molecular complexity index is 609. The smallest absolute Gasteiger partial charge is 0.311 e. The highest BCUT2D eigenvalue weighted by atomic mass is 16.6. The Morgan fingerprint density at radius 3 is 2.75 bits per heavy atom. The molecular weight excluding hydrogens is 260 g/mol. The zero-order valence-electron chi connectivity index (χ0n) is 11.2. The van der Waals surface area contributed by atoms with Crippen LogP contribution in [0.15, 0.2) is 30.3 Å². The zero-order chi connectivity index (χ0) is 14.5. The molecule has 0 atom stereocenters. The number of para-hydroxylation sites is 2. The number of nitro benzene ring substituents is 1. The van der Waals surface area contributed by atoms with Gasteiger partial charge in [-0.1, -0.05) is 19.1 Å². The van der Waals surface area contributed by atoms with Crippen LogP contribution in [-0.2, 0) is 6.42 Å². The van der Waals surface area contributed by atoms with Crippen molar-refractivity contribution in [2.45, 2.75) is 13.3 Å². The highest BCUT2D eigenvalue weighted by Crippen LogP contribution is 2.30. The second kappa shape index (κ2) is 5.96. The maximum atomic E-state index is 10.9. The molecule has 0 saturated heterocycles. The number of nitrogens with zero attached hydrogens (tertiary/aromatic N) is 3. The summed E-state index contributed by atoms with van der Waals surface area (Å²) >= 11 is 0. The van der Waals surface area contributed by atoms with Gasteiger partial charge < -0.3 is 10.1 Å². The first-order valence-corrected chi connectivity index (χ1v) is 6.11. The molecule has 0 aliphatic rings. The molecule has 0 bridgehead atoms. The molecule has 0 spiro atoms. The molecule has 104 valence electrons. The van der Waals surface area contributed by atoms with Gasteiger partial charge in [-0.15, -0.1) is 0 Å². The molecule has 20 heavy (non-hydrogen) atoms. The van der Waals surface area contributed by atoms with Gasteiger partial charge in [0, 0.05) is 25.6 Å². The van der Waals surface area contributed by atoms with Crippen LogP contribution in [0, 0.1) is 10.1 Å². The number of ether oxygens (including phenoxy) is 1. The second-order valence-corrected chi connectivity index (χ2v) is 3.94. The van der Waals surface area contributed by atoms with Gasteiger partial charge in [-0.25, -0.2) is 4.98 Å². The van der Waals surface area contributed by atoms with Crippen molar-refractivity contribution in [3.05, 3.63) is 46.3 Å². The van der Waals surface area contributed by atoms with Crippen LogP contribution in [0.25, 0.3) is 0 Å². The molecule has 0 fully saturated rings. The Morgan fingerprint density at radius 1 is 1.35 bits per heavy atom. The summed E-state index contributed by atoms with van der Waals surface area (Å²) in [7, 11) is 1.73. The van der Waals surface area contributed by atoms with Crippen molar-refractivity contribution in [1.82, 2.24) is 9.97 Å². The first-order chi connectivity index (χ1) is 9.63. The van der Waals surface area contributed by atoms with Gasteiger partial charge in [0.15, 0.2) is 0 Å². The van der Waals surface area contributed by atoms with Crippen LogP contribution >= 0.6 is 0 Å². The fraction of sp³-hybridized carbons (Fsp3) is 0.231. The quantitative estimate of drug-likeness (QED) is 0.666. The molecule has 0 amide bonds. The Morgan fingerprint density at radius 2 is 2.10 bits per heavy atom. The predicted octanol–water partition coefficient (Wildman–Crippen LogP) is 2.78. The molecule has 2 aromatic rings. The van der Waals surface area contributed by atoms with Crippen LogP contribution in [0.3, 0.4) is 0 Å². The lowest BCUT2D eigenvalue weighted by Gasteiger charge is -2.08. The third-order valence-electron chi connectivity index (χ3n) is 2.60. The van der Waals surface area contributed by atoms with Crippen molar-refractivity contribution >= 4 is 11.5 Å². The van der Waals surface area contributed by atoms with Crippen molar-refractivity contribution < 1.29 is 9.66 Å². The van der Waals surface area contributed by atoms with E-state index in [1.54, 1.807) is 25.2 Å². The van der Waals surface area contributed by atoms with E-state index < -0.39 is 4.92 Å². The molecule has 1 aromatic carbocycles. The first-order valence-electron chi connectivity index (χ1n) is 6.11. The Hall–Kier alpha value is -2.70. The Labute approximate surface area is 115 Å². The Balaban J connectivity index is 2.37. The zero-order valence-corrected chi connectivity index (χ0v) is 11.2. The molecule has 7 nitrogen and oxygen atoms in total. The number of hydrogen-bond acceptors (Lipinski definition) is 6. The molecule has 1 aromatic heterocycles. The predicted molar refractivity (Wildman–Crippen MR) is 74.1 cm³/mol. The standard InChI is InChI=1S/C13H14N4O3/c1-3-11-15-12(14-2)8-13(16-11)20-10-7-5-4-6-9(10)17(18)19/h4-8H,3H2,1-2H3,(H,14,15,16). The molecule has 0 aliphatic carbocycles. The van der Waals surface area contributed by atoms with Gasteiger partial charge in [-0.05, 0) is 6.07 Å². The number of nitro groups is 1. The van der Waals surface area contributed by atoms with E-state index in [1.165, 1.54) is 12.1 Å².